The topological polar surface area (TPSA) is 108 Å². The van der Waals surface area contributed by atoms with Crippen molar-refractivity contribution in [1.29, 1.82) is 0 Å². The van der Waals surface area contributed by atoms with Crippen molar-refractivity contribution < 1.29 is 34.3 Å². The highest BCUT2D eigenvalue weighted by atomic mass is 16.5. The molecule has 2 aliphatic rings. The molecule has 0 bridgehead atoms. The van der Waals surface area contributed by atoms with E-state index in [1.165, 1.54) is 0 Å². The molecule has 2 atom stereocenters. The summed E-state index contributed by atoms with van der Waals surface area (Å²) in [5.41, 5.74) is 7.04. The van der Waals surface area contributed by atoms with Gasteiger partial charge in [0.05, 0.1) is 6.61 Å². The number of aliphatic hydroxyl groups is 2. The minimum Gasteiger partial charge on any atom is -0.550 e. The van der Waals surface area contributed by atoms with E-state index in [2.05, 4.69) is 19.1 Å². The van der Waals surface area contributed by atoms with Crippen molar-refractivity contribution in [1.82, 2.24) is 0 Å². The predicted molar refractivity (Wildman–Crippen MR) is 140 cm³/mol. The van der Waals surface area contributed by atoms with Crippen LogP contribution in [0.3, 0.4) is 0 Å². The zero-order valence-electron chi connectivity index (χ0n) is 22.0. The first-order valence-corrected chi connectivity index (χ1v) is 13.0. The lowest BCUT2D eigenvalue weighted by Crippen LogP contribution is -2.29. The van der Waals surface area contributed by atoms with Crippen LogP contribution in [0.2, 0.25) is 0 Å². The van der Waals surface area contributed by atoms with E-state index in [-0.39, 0.29) is 31.2 Å². The van der Waals surface area contributed by atoms with Crippen LogP contribution in [-0.4, -0.2) is 41.1 Å². The van der Waals surface area contributed by atoms with Gasteiger partial charge in [-0.3, -0.25) is 0 Å². The van der Waals surface area contributed by atoms with E-state index in [0.717, 1.165) is 51.8 Å². The molecule has 1 saturated carbocycles. The van der Waals surface area contributed by atoms with Gasteiger partial charge in [0.25, 0.3) is 0 Å². The first kappa shape index (κ1) is 26.1. The third-order valence-corrected chi connectivity index (χ3v) is 7.69. The number of rotatable bonds is 10. The monoisotopic (exact) mass is 517 g/mol. The maximum atomic E-state index is 11.3. The molecule has 5 rings (SSSR count). The number of carboxylic acid groups (broad SMARTS) is 1. The van der Waals surface area contributed by atoms with Crippen LogP contribution >= 0.6 is 0 Å². The summed E-state index contributed by atoms with van der Waals surface area (Å²) in [6, 6.07) is 15.7. The zero-order chi connectivity index (χ0) is 27.0. The van der Waals surface area contributed by atoms with Crippen LogP contribution < -0.4 is 19.3 Å². The van der Waals surface area contributed by atoms with E-state index in [1.807, 2.05) is 50.2 Å². The molecule has 0 aromatic heterocycles. The second kappa shape index (κ2) is 10.3. The van der Waals surface area contributed by atoms with Gasteiger partial charge in [-0.05, 0) is 91.6 Å². The average molecular weight is 518 g/mol. The summed E-state index contributed by atoms with van der Waals surface area (Å²) in [4.78, 5) is 11.3. The van der Waals surface area contributed by atoms with Crippen molar-refractivity contribution in [3.63, 3.8) is 0 Å². The normalized spacial score (nSPS) is 17.6. The van der Waals surface area contributed by atoms with Crippen molar-refractivity contribution in [2.24, 2.45) is 0 Å². The smallest absolute Gasteiger partial charge is 0.127 e. The number of ether oxygens (including phenoxy) is 3. The number of fused-ring (bicyclic) bond motifs is 1. The van der Waals surface area contributed by atoms with Crippen molar-refractivity contribution in [2.75, 3.05) is 13.2 Å². The second-order valence-electron chi connectivity index (χ2n) is 10.5. The molecule has 7 heteroatoms. The lowest BCUT2D eigenvalue weighted by Gasteiger charge is -2.18. The minimum absolute atomic E-state index is 0.0320. The molecule has 0 amide bonds. The Hall–Kier alpha value is -3.55. The van der Waals surface area contributed by atoms with Crippen LogP contribution in [0.15, 0.2) is 48.5 Å². The van der Waals surface area contributed by atoms with E-state index in [1.54, 1.807) is 0 Å². The molecule has 200 valence electrons. The number of hydrogen-bond acceptors (Lipinski definition) is 7. The molecular formula is C31H33O7-. The third-order valence-electron chi connectivity index (χ3n) is 7.69. The molecule has 2 N–H and O–H groups in total. The molecule has 1 aliphatic heterocycles. The van der Waals surface area contributed by atoms with Gasteiger partial charge >= 0.3 is 0 Å². The molecule has 0 saturated heterocycles. The Morgan fingerprint density at radius 2 is 1.82 bits per heavy atom. The molecule has 7 nitrogen and oxygen atoms in total. The molecule has 3 aromatic carbocycles. The maximum absolute atomic E-state index is 11.3. The molecule has 1 spiro atoms. The van der Waals surface area contributed by atoms with E-state index >= 15 is 0 Å². The SMILES string of the molecule is Cc1cc(OC[C@@H](O)CO)cc(C)c1-c1cccc(COc2ccc3c(c2)OC2(CC2)C3CC(=O)[O-])c1C. The summed E-state index contributed by atoms with van der Waals surface area (Å²) >= 11 is 0. The number of carboxylic acids is 1. The number of aliphatic hydroxyl groups excluding tert-OH is 2. The summed E-state index contributed by atoms with van der Waals surface area (Å²) in [6.45, 7) is 6.22. The standard InChI is InChI=1S/C31H34O7/c1-18-11-24(37-17-22(33)15-32)12-19(2)30(18)25-6-4-5-21(20(25)3)16-36-23-7-8-26-27(14-29(34)35)31(9-10-31)38-28(26)13-23/h4-8,11-13,22,27,32-33H,9-10,14-17H2,1-3H3,(H,34,35)/p-1/t22-,27?/m0/s1. The van der Waals surface area contributed by atoms with Gasteiger partial charge in [-0.1, -0.05) is 24.3 Å². The Labute approximate surface area is 222 Å². The Balaban J connectivity index is 1.33. The van der Waals surface area contributed by atoms with E-state index in [9.17, 15) is 15.0 Å². The van der Waals surface area contributed by atoms with Crippen LogP contribution in [0.1, 0.15) is 53.0 Å². The van der Waals surface area contributed by atoms with Gasteiger partial charge in [-0.15, -0.1) is 0 Å². The first-order valence-electron chi connectivity index (χ1n) is 13.0. The Morgan fingerprint density at radius 1 is 1.08 bits per heavy atom. The van der Waals surface area contributed by atoms with Gasteiger partial charge in [0.15, 0.2) is 0 Å². The van der Waals surface area contributed by atoms with Crippen molar-refractivity contribution >= 4 is 5.97 Å². The average Bonchev–Trinajstić information content (AvgIpc) is 3.59. The van der Waals surface area contributed by atoms with Gasteiger partial charge < -0.3 is 34.3 Å². The highest BCUT2D eigenvalue weighted by Crippen LogP contribution is 2.59. The molecule has 3 aromatic rings. The molecule has 1 unspecified atom stereocenters. The number of benzene rings is 3. The van der Waals surface area contributed by atoms with Crippen molar-refractivity contribution in [3.05, 3.63) is 76.3 Å². The highest BCUT2D eigenvalue weighted by Gasteiger charge is 2.57. The third kappa shape index (κ3) is 5.08. The van der Waals surface area contributed by atoms with Gasteiger partial charge in [0.2, 0.25) is 0 Å². The largest absolute Gasteiger partial charge is 0.550 e. The predicted octanol–water partition coefficient (Wildman–Crippen LogP) is 3.74. The summed E-state index contributed by atoms with van der Waals surface area (Å²) in [7, 11) is 0. The molecule has 1 fully saturated rings. The van der Waals surface area contributed by atoms with Gasteiger partial charge in [0.1, 0.15) is 42.2 Å². The van der Waals surface area contributed by atoms with E-state index in [0.29, 0.717) is 23.9 Å². The Kier molecular flexibility index (Phi) is 7.07. The fraction of sp³-hybridized carbons (Fsp3) is 0.387. The van der Waals surface area contributed by atoms with Crippen molar-refractivity contribution in [3.8, 4) is 28.4 Å². The molecule has 1 heterocycles. The summed E-state index contributed by atoms with van der Waals surface area (Å²) < 4.78 is 18.0. The number of carbonyl (C=O) groups is 1. The van der Waals surface area contributed by atoms with Crippen LogP contribution in [0.25, 0.3) is 11.1 Å². The van der Waals surface area contributed by atoms with Crippen molar-refractivity contribution in [2.45, 2.75) is 64.3 Å². The highest BCUT2D eigenvalue weighted by molar-refractivity contribution is 5.75. The molecular weight excluding hydrogens is 484 g/mol. The second-order valence-corrected chi connectivity index (χ2v) is 10.5. The lowest BCUT2D eigenvalue weighted by molar-refractivity contribution is -0.306. The number of aryl methyl sites for hydroxylation is 2. The first-order chi connectivity index (χ1) is 18.2. The van der Waals surface area contributed by atoms with Gasteiger partial charge in [-0.25, -0.2) is 0 Å². The molecule has 38 heavy (non-hydrogen) atoms. The number of hydrogen-bond donors (Lipinski definition) is 2. The maximum Gasteiger partial charge on any atom is 0.127 e. The summed E-state index contributed by atoms with van der Waals surface area (Å²) in [5.74, 6) is 0.816. The lowest BCUT2D eigenvalue weighted by atomic mass is 9.90. The van der Waals surface area contributed by atoms with Gasteiger partial charge in [-0.2, -0.15) is 0 Å². The molecule has 1 aliphatic carbocycles. The Bertz CT molecular complexity index is 1340. The fourth-order valence-electron chi connectivity index (χ4n) is 5.54. The number of carbonyl (C=O) groups excluding carboxylic acids is 1. The zero-order valence-corrected chi connectivity index (χ0v) is 22.0. The van der Waals surface area contributed by atoms with Crippen LogP contribution in [0.5, 0.6) is 17.2 Å². The summed E-state index contributed by atoms with van der Waals surface area (Å²) in [6.07, 6.45) is 0.775. The van der Waals surface area contributed by atoms with E-state index in [4.69, 9.17) is 19.3 Å². The quantitative estimate of drug-likeness (QED) is 0.422. The van der Waals surface area contributed by atoms with Crippen LogP contribution in [0.4, 0.5) is 0 Å². The Morgan fingerprint density at radius 3 is 2.47 bits per heavy atom. The van der Waals surface area contributed by atoms with Gasteiger partial charge in [0, 0.05) is 23.5 Å². The minimum atomic E-state index is -1.05. The van der Waals surface area contributed by atoms with Crippen LogP contribution in [-0.2, 0) is 11.4 Å². The fourth-order valence-corrected chi connectivity index (χ4v) is 5.54. The van der Waals surface area contributed by atoms with E-state index < -0.39 is 12.1 Å². The van der Waals surface area contributed by atoms with Crippen LogP contribution in [0, 0.1) is 20.8 Å². The number of aliphatic carboxylic acids is 1. The molecule has 0 radical (unpaired) electrons. The summed E-state index contributed by atoms with van der Waals surface area (Å²) in [5, 5.41) is 29.9.